The molecule has 1 aliphatic carbocycles. The first kappa shape index (κ1) is 18.5. The fourth-order valence-electron chi connectivity index (χ4n) is 5.48. The summed E-state index contributed by atoms with van der Waals surface area (Å²) < 4.78 is 34.3. The first-order valence-electron chi connectivity index (χ1n) is 9.07. The first-order valence-corrected chi connectivity index (χ1v) is 10.6. The fourth-order valence-corrected chi connectivity index (χ4v) is 6.70. The smallest absolute Gasteiger partial charge is 0.269 e. The van der Waals surface area contributed by atoms with E-state index in [1.807, 2.05) is 0 Å². The van der Waals surface area contributed by atoms with Crippen molar-refractivity contribution >= 4 is 10.1 Å². The van der Waals surface area contributed by atoms with E-state index in [1.165, 1.54) is 0 Å². The molecule has 0 amide bonds. The Hall–Kier alpha value is -0.250. The third-order valence-corrected chi connectivity index (χ3v) is 7.47. The fraction of sp³-hybridized carbons (Fsp3) is 1.00. The van der Waals surface area contributed by atoms with Gasteiger partial charge in [-0.15, -0.1) is 0 Å². The summed E-state index contributed by atoms with van der Waals surface area (Å²) in [6.07, 6.45) is 0.561. The van der Waals surface area contributed by atoms with Crippen molar-refractivity contribution in [2.45, 2.75) is 37.6 Å². The van der Waals surface area contributed by atoms with Crippen molar-refractivity contribution in [3.05, 3.63) is 0 Å². The summed E-state index contributed by atoms with van der Waals surface area (Å²) in [5, 5.41) is -0.664. The quantitative estimate of drug-likeness (QED) is 0.714. The average molecular weight is 361 g/mol. The Morgan fingerprint density at radius 2 is 1.50 bits per heavy atom. The van der Waals surface area contributed by atoms with Crippen LogP contribution in [0.3, 0.4) is 0 Å². The van der Waals surface area contributed by atoms with E-state index in [4.69, 9.17) is 0 Å². The minimum Gasteiger partial charge on any atom is -0.293 e. The molecule has 1 saturated carbocycles. The topological polar surface area (TPSA) is 67.3 Å². The van der Waals surface area contributed by atoms with E-state index in [0.29, 0.717) is 18.4 Å². The standard InChI is InChI=1S/C16H32N4O3S/c1-5-19-10-17(3)8-12-7-14(24(21,22)23)16-13(15(12)19)9-18(4)11-20(16)6-2/h12-16H,5-11H2,1-4H3,(H,21,22,23). The van der Waals surface area contributed by atoms with Crippen molar-refractivity contribution in [3.8, 4) is 0 Å². The lowest BCUT2D eigenvalue weighted by Gasteiger charge is -2.59. The van der Waals surface area contributed by atoms with Crippen molar-refractivity contribution in [2.24, 2.45) is 11.8 Å². The van der Waals surface area contributed by atoms with Gasteiger partial charge in [0.25, 0.3) is 10.1 Å². The third kappa shape index (κ3) is 3.24. The molecule has 0 aromatic carbocycles. The van der Waals surface area contributed by atoms with E-state index < -0.39 is 15.4 Å². The second-order valence-electron chi connectivity index (χ2n) is 7.86. The molecule has 5 atom stereocenters. The predicted octanol–water partition coefficient (Wildman–Crippen LogP) is 0.0657. The van der Waals surface area contributed by atoms with E-state index >= 15 is 0 Å². The van der Waals surface area contributed by atoms with Crippen LogP contribution < -0.4 is 0 Å². The Morgan fingerprint density at radius 1 is 0.958 bits per heavy atom. The molecule has 3 aliphatic rings. The zero-order valence-electron chi connectivity index (χ0n) is 15.3. The van der Waals surface area contributed by atoms with Crippen molar-refractivity contribution < 1.29 is 13.0 Å². The van der Waals surface area contributed by atoms with Crippen LogP contribution in [0, 0.1) is 11.8 Å². The summed E-state index contributed by atoms with van der Waals surface area (Å²) in [7, 11) is 0.157. The van der Waals surface area contributed by atoms with Gasteiger partial charge in [-0.25, -0.2) is 0 Å². The van der Waals surface area contributed by atoms with Crippen molar-refractivity contribution in [3.63, 3.8) is 0 Å². The van der Waals surface area contributed by atoms with Gasteiger partial charge in [0, 0.05) is 31.1 Å². The molecule has 0 aromatic heterocycles. The Balaban J connectivity index is 2.01. The Labute approximate surface area is 146 Å². The van der Waals surface area contributed by atoms with Crippen molar-refractivity contribution in [2.75, 3.05) is 53.6 Å². The molecule has 0 bridgehead atoms. The van der Waals surface area contributed by atoms with Crippen LogP contribution in [0.25, 0.3) is 0 Å². The van der Waals surface area contributed by atoms with E-state index in [0.717, 1.165) is 39.5 Å². The lowest BCUT2D eigenvalue weighted by atomic mass is 9.70. The number of hydrogen-bond acceptors (Lipinski definition) is 6. The lowest BCUT2D eigenvalue weighted by molar-refractivity contribution is -0.102. The summed E-state index contributed by atoms with van der Waals surface area (Å²) in [5.74, 6) is 0.546. The Bertz CT molecular complexity index is 558. The number of nitrogens with zero attached hydrogens (tertiary/aromatic N) is 4. The molecule has 3 rings (SSSR count). The Morgan fingerprint density at radius 3 is 2.04 bits per heavy atom. The van der Waals surface area contributed by atoms with Crippen LogP contribution >= 0.6 is 0 Å². The third-order valence-electron chi connectivity index (χ3n) is 6.23. The van der Waals surface area contributed by atoms with Crippen LogP contribution in [0.4, 0.5) is 0 Å². The predicted molar refractivity (Wildman–Crippen MR) is 94.3 cm³/mol. The van der Waals surface area contributed by atoms with Crippen LogP contribution in [0.1, 0.15) is 20.3 Å². The molecular formula is C16H32N4O3S. The van der Waals surface area contributed by atoms with Crippen LogP contribution in [0.15, 0.2) is 0 Å². The molecular weight excluding hydrogens is 328 g/mol. The molecule has 24 heavy (non-hydrogen) atoms. The first-order chi connectivity index (χ1) is 11.3. The highest BCUT2D eigenvalue weighted by molar-refractivity contribution is 7.86. The molecule has 1 N–H and O–H groups in total. The maximum Gasteiger partial charge on any atom is 0.269 e. The van der Waals surface area contributed by atoms with Crippen LogP contribution in [-0.4, -0.2) is 104 Å². The van der Waals surface area contributed by atoms with Gasteiger partial charge < -0.3 is 0 Å². The Kier molecular flexibility index (Phi) is 5.26. The second-order valence-corrected chi connectivity index (χ2v) is 9.50. The molecule has 0 radical (unpaired) electrons. The molecule has 0 aromatic rings. The molecule has 2 heterocycles. The van der Waals surface area contributed by atoms with Crippen molar-refractivity contribution in [1.82, 2.24) is 19.6 Å². The summed E-state index contributed by atoms with van der Waals surface area (Å²) >= 11 is 0. The van der Waals surface area contributed by atoms with Gasteiger partial charge >= 0.3 is 0 Å². The second kappa shape index (κ2) is 6.81. The monoisotopic (exact) mass is 360 g/mol. The molecule has 3 fully saturated rings. The van der Waals surface area contributed by atoms with Gasteiger partial charge in [0.2, 0.25) is 0 Å². The maximum atomic E-state index is 12.2. The maximum absolute atomic E-state index is 12.2. The SMILES string of the molecule is CCN1CN(C)CC2CC(S(=O)(=O)O)C3C(CN(C)CN3CC)C21. The van der Waals surface area contributed by atoms with Gasteiger partial charge in [-0.3, -0.25) is 24.2 Å². The number of fused-ring (bicyclic) bond motifs is 3. The zero-order chi connectivity index (χ0) is 17.6. The largest absolute Gasteiger partial charge is 0.293 e. The van der Waals surface area contributed by atoms with Gasteiger partial charge in [0.05, 0.1) is 13.3 Å². The van der Waals surface area contributed by atoms with Gasteiger partial charge in [0.15, 0.2) is 0 Å². The molecule has 2 aliphatic heterocycles. The molecule has 5 unspecified atom stereocenters. The van der Waals surface area contributed by atoms with Crippen LogP contribution in [0.5, 0.6) is 0 Å². The minimum atomic E-state index is -4.05. The van der Waals surface area contributed by atoms with E-state index in [1.54, 1.807) is 0 Å². The summed E-state index contributed by atoms with van der Waals surface area (Å²) in [6.45, 7) is 9.56. The molecule has 0 spiro atoms. The highest BCUT2D eigenvalue weighted by Gasteiger charge is 2.55. The number of rotatable bonds is 3. The van der Waals surface area contributed by atoms with Crippen molar-refractivity contribution in [1.29, 1.82) is 0 Å². The van der Waals surface area contributed by atoms with Gasteiger partial charge in [-0.05, 0) is 39.5 Å². The van der Waals surface area contributed by atoms with Crippen LogP contribution in [0.2, 0.25) is 0 Å². The summed E-state index contributed by atoms with van der Waals surface area (Å²) in [6, 6.07) is 0.311. The van der Waals surface area contributed by atoms with E-state index in [-0.39, 0.29) is 12.0 Å². The minimum absolute atomic E-state index is 0.0834. The molecule has 8 heteroatoms. The van der Waals surface area contributed by atoms with Gasteiger partial charge in [-0.1, -0.05) is 13.8 Å². The molecule has 7 nitrogen and oxygen atoms in total. The molecule has 2 saturated heterocycles. The normalized spacial score (nSPS) is 40.3. The van der Waals surface area contributed by atoms with E-state index in [9.17, 15) is 13.0 Å². The lowest BCUT2D eigenvalue weighted by Crippen LogP contribution is -2.72. The average Bonchev–Trinajstić information content (AvgIpc) is 2.50. The van der Waals surface area contributed by atoms with Gasteiger partial charge in [0.1, 0.15) is 5.25 Å². The highest BCUT2D eigenvalue weighted by atomic mass is 32.2. The van der Waals surface area contributed by atoms with E-state index in [2.05, 4.69) is 47.5 Å². The van der Waals surface area contributed by atoms with Crippen LogP contribution in [-0.2, 0) is 10.1 Å². The summed E-state index contributed by atoms with van der Waals surface area (Å²) in [5.41, 5.74) is 0. The highest BCUT2D eigenvalue weighted by Crippen LogP contribution is 2.42. The van der Waals surface area contributed by atoms with Gasteiger partial charge in [-0.2, -0.15) is 8.42 Å². The zero-order valence-corrected chi connectivity index (χ0v) is 16.1. The number of hydrogen-bond donors (Lipinski definition) is 1. The summed E-state index contributed by atoms with van der Waals surface area (Å²) in [4.78, 5) is 9.31. The molecule has 140 valence electrons.